The molecule has 1 aliphatic rings. The smallest absolute Gasteiger partial charge is 0.414 e. The summed E-state index contributed by atoms with van der Waals surface area (Å²) in [6.07, 6.45) is 3.10. The summed E-state index contributed by atoms with van der Waals surface area (Å²) in [4.78, 5) is 24.0. The second-order valence-corrected chi connectivity index (χ2v) is 18.4. The molecule has 224 valence electrons. The van der Waals surface area contributed by atoms with E-state index in [1.54, 1.807) is 17.2 Å². The summed E-state index contributed by atoms with van der Waals surface area (Å²) in [6.45, 7) is 21.5. The van der Waals surface area contributed by atoms with Crippen LogP contribution in [0.4, 0.5) is 22.2 Å². The molecule has 1 amide bonds. The average Bonchev–Trinajstić information content (AvgIpc) is 3.50. The van der Waals surface area contributed by atoms with Crippen molar-refractivity contribution in [3.05, 3.63) is 47.8 Å². The SMILES string of the molecule is CC(C)n1ccc(Nc2nccc(-c3cc(C#N)c4c(c3)C(CO[Si](C)(C)C(C)(C)C)CN4C(=O)OC(C)(C)C)n2)n1. The van der Waals surface area contributed by atoms with Crippen LogP contribution in [0.15, 0.2) is 36.7 Å². The van der Waals surface area contributed by atoms with Gasteiger partial charge in [-0.15, -0.1) is 0 Å². The predicted molar refractivity (Wildman–Crippen MR) is 168 cm³/mol. The molecule has 0 fully saturated rings. The lowest BCUT2D eigenvalue weighted by Crippen LogP contribution is -2.42. The van der Waals surface area contributed by atoms with E-state index in [0.29, 0.717) is 41.9 Å². The third kappa shape index (κ3) is 6.82. The third-order valence-electron chi connectivity index (χ3n) is 7.77. The molecular formula is C31H43N7O3Si. The van der Waals surface area contributed by atoms with Gasteiger partial charge in [-0.1, -0.05) is 20.8 Å². The second-order valence-electron chi connectivity index (χ2n) is 13.6. The molecule has 1 aliphatic heterocycles. The van der Waals surface area contributed by atoms with Crippen LogP contribution in [0, 0.1) is 11.3 Å². The number of aromatic nitrogens is 4. The van der Waals surface area contributed by atoms with Crippen LogP contribution >= 0.6 is 0 Å². The number of nitriles is 1. The van der Waals surface area contributed by atoms with E-state index in [1.165, 1.54) is 0 Å². The number of carbonyl (C=O) groups excluding carboxylic acids is 1. The van der Waals surface area contributed by atoms with Crippen LogP contribution in [0.25, 0.3) is 11.3 Å². The molecule has 11 heteroatoms. The summed E-state index contributed by atoms with van der Waals surface area (Å²) >= 11 is 0. The summed E-state index contributed by atoms with van der Waals surface area (Å²) in [6, 6.07) is 10.0. The van der Waals surface area contributed by atoms with Gasteiger partial charge in [-0.25, -0.2) is 14.8 Å². The highest BCUT2D eigenvalue weighted by Crippen LogP contribution is 2.44. The van der Waals surface area contributed by atoms with Crippen molar-refractivity contribution in [1.29, 1.82) is 5.26 Å². The fraction of sp³-hybridized carbons (Fsp3) is 0.516. The summed E-state index contributed by atoms with van der Waals surface area (Å²) < 4.78 is 14.2. The number of hydrogen-bond acceptors (Lipinski definition) is 8. The van der Waals surface area contributed by atoms with Crippen molar-refractivity contribution in [2.45, 2.75) is 91.1 Å². The Morgan fingerprint density at radius 2 is 1.90 bits per heavy atom. The van der Waals surface area contributed by atoms with Gasteiger partial charge in [0.05, 0.1) is 16.9 Å². The van der Waals surface area contributed by atoms with Gasteiger partial charge in [0.2, 0.25) is 5.95 Å². The molecule has 3 heterocycles. The van der Waals surface area contributed by atoms with Gasteiger partial charge >= 0.3 is 6.09 Å². The maximum atomic E-state index is 13.3. The number of hydrogen-bond donors (Lipinski definition) is 1. The number of anilines is 3. The van der Waals surface area contributed by atoms with Crippen LogP contribution in [0.5, 0.6) is 0 Å². The van der Waals surface area contributed by atoms with E-state index in [2.05, 4.69) is 69.2 Å². The molecule has 1 atom stereocenters. The topological polar surface area (TPSA) is 118 Å². The molecule has 42 heavy (non-hydrogen) atoms. The molecule has 0 saturated carbocycles. The van der Waals surface area contributed by atoms with Gasteiger partial charge in [-0.05, 0) is 76.5 Å². The highest BCUT2D eigenvalue weighted by molar-refractivity contribution is 6.74. The van der Waals surface area contributed by atoms with Crippen molar-refractivity contribution in [3.63, 3.8) is 0 Å². The first-order valence-electron chi connectivity index (χ1n) is 14.4. The van der Waals surface area contributed by atoms with Gasteiger partial charge in [0.1, 0.15) is 11.7 Å². The minimum Gasteiger partial charge on any atom is -0.443 e. The van der Waals surface area contributed by atoms with E-state index in [9.17, 15) is 10.1 Å². The van der Waals surface area contributed by atoms with Crippen LogP contribution in [0.2, 0.25) is 18.1 Å². The first kappa shape index (κ1) is 31.2. The minimum absolute atomic E-state index is 0.0360. The van der Waals surface area contributed by atoms with Gasteiger partial charge in [-0.3, -0.25) is 9.58 Å². The van der Waals surface area contributed by atoms with Crippen molar-refractivity contribution < 1.29 is 14.0 Å². The van der Waals surface area contributed by atoms with E-state index in [-0.39, 0.29) is 17.0 Å². The highest BCUT2D eigenvalue weighted by Gasteiger charge is 2.41. The molecule has 1 aromatic carbocycles. The molecule has 0 bridgehead atoms. The maximum absolute atomic E-state index is 13.3. The molecule has 2 aromatic heterocycles. The maximum Gasteiger partial charge on any atom is 0.414 e. The largest absolute Gasteiger partial charge is 0.443 e. The summed E-state index contributed by atoms with van der Waals surface area (Å²) in [5, 5.41) is 18.0. The number of carbonyl (C=O) groups is 1. The molecule has 0 aliphatic carbocycles. The van der Waals surface area contributed by atoms with Gasteiger partial charge in [0.15, 0.2) is 14.1 Å². The van der Waals surface area contributed by atoms with E-state index in [0.717, 1.165) is 11.1 Å². The summed E-state index contributed by atoms with van der Waals surface area (Å²) in [5.41, 5.74) is 2.56. The molecule has 1 N–H and O–H groups in total. The van der Waals surface area contributed by atoms with E-state index < -0.39 is 20.0 Å². The number of ether oxygens (including phenoxy) is 1. The van der Waals surface area contributed by atoms with E-state index in [4.69, 9.17) is 14.1 Å². The third-order valence-corrected chi connectivity index (χ3v) is 12.3. The van der Waals surface area contributed by atoms with E-state index in [1.807, 2.05) is 49.8 Å². The lowest BCUT2D eigenvalue weighted by atomic mass is 9.96. The molecule has 1 unspecified atom stereocenters. The molecular weight excluding hydrogens is 546 g/mol. The Labute approximate surface area is 250 Å². The first-order chi connectivity index (χ1) is 19.5. The Balaban J connectivity index is 1.73. The predicted octanol–water partition coefficient (Wildman–Crippen LogP) is 7.40. The molecule has 4 rings (SSSR count). The quantitative estimate of drug-likeness (QED) is 0.283. The lowest BCUT2D eigenvalue weighted by Gasteiger charge is -2.37. The number of rotatable bonds is 7. The second kappa shape index (κ2) is 11.5. The summed E-state index contributed by atoms with van der Waals surface area (Å²) in [7, 11) is -2.07. The van der Waals surface area contributed by atoms with Crippen molar-refractivity contribution in [3.8, 4) is 17.3 Å². The Kier molecular flexibility index (Phi) is 8.54. The molecule has 0 radical (unpaired) electrons. The van der Waals surface area contributed by atoms with Crippen molar-refractivity contribution >= 4 is 31.9 Å². The summed E-state index contributed by atoms with van der Waals surface area (Å²) in [5.74, 6) is 0.908. The Morgan fingerprint density at radius 1 is 1.19 bits per heavy atom. The van der Waals surface area contributed by atoms with Gasteiger partial charge < -0.3 is 14.5 Å². The zero-order chi connectivity index (χ0) is 31.0. The average molecular weight is 590 g/mol. The zero-order valence-electron chi connectivity index (χ0n) is 26.4. The molecule has 10 nitrogen and oxygen atoms in total. The van der Waals surface area contributed by atoms with Crippen molar-refractivity contribution in [2.75, 3.05) is 23.4 Å². The van der Waals surface area contributed by atoms with Crippen LogP contribution in [0.3, 0.4) is 0 Å². The van der Waals surface area contributed by atoms with E-state index >= 15 is 0 Å². The fourth-order valence-corrected chi connectivity index (χ4v) is 5.50. The van der Waals surface area contributed by atoms with Gasteiger partial charge in [0.25, 0.3) is 0 Å². The normalized spacial score (nSPS) is 15.5. The number of benzene rings is 1. The molecule has 0 saturated heterocycles. The van der Waals surface area contributed by atoms with Gasteiger partial charge in [0, 0.05) is 49.1 Å². The number of nitrogens with zero attached hydrogens (tertiary/aromatic N) is 6. The molecule has 3 aromatic rings. The Bertz CT molecular complexity index is 1500. The van der Waals surface area contributed by atoms with Crippen molar-refractivity contribution in [2.24, 2.45) is 0 Å². The van der Waals surface area contributed by atoms with Crippen LogP contribution in [0.1, 0.15) is 78.5 Å². The number of nitrogens with one attached hydrogen (secondary N) is 1. The van der Waals surface area contributed by atoms with Crippen molar-refractivity contribution in [1.82, 2.24) is 19.7 Å². The Morgan fingerprint density at radius 3 is 2.50 bits per heavy atom. The zero-order valence-corrected chi connectivity index (χ0v) is 27.4. The monoisotopic (exact) mass is 589 g/mol. The standard InChI is InChI=1S/C31H43N7O3Si/c1-20(2)38-14-12-26(36-38)35-28-33-13-11-25(34-28)21-15-22(17-32)27-24(16-21)23(19-40-42(9,10)31(6,7)8)18-37(27)29(39)41-30(3,4)5/h11-16,20,23H,18-19H2,1-10H3,(H,33,34,35,36). The first-order valence-corrected chi connectivity index (χ1v) is 17.3. The minimum atomic E-state index is -2.07. The lowest BCUT2D eigenvalue weighted by molar-refractivity contribution is 0.0581. The van der Waals surface area contributed by atoms with Gasteiger partial charge in [-0.2, -0.15) is 10.4 Å². The number of amides is 1. The van der Waals surface area contributed by atoms with Crippen LogP contribution < -0.4 is 10.2 Å². The van der Waals surface area contributed by atoms with Crippen LogP contribution in [-0.4, -0.2) is 52.9 Å². The molecule has 0 spiro atoms. The fourth-order valence-electron chi connectivity index (χ4n) is 4.45. The Hall–Kier alpha value is -3.75. The van der Waals surface area contributed by atoms with Crippen LogP contribution in [-0.2, 0) is 9.16 Å². The number of fused-ring (bicyclic) bond motifs is 1. The highest BCUT2D eigenvalue weighted by atomic mass is 28.4.